The number of cyclic esters (lactones) is 1. The molecule has 0 saturated carbocycles. The van der Waals surface area contributed by atoms with Gasteiger partial charge >= 0.3 is 6.09 Å². The third kappa shape index (κ3) is 5.95. The average molecular weight is 547 g/mol. The van der Waals surface area contributed by atoms with E-state index in [4.69, 9.17) is 14.2 Å². The van der Waals surface area contributed by atoms with Crippen molar-refractivity contribution >= 4 is 23.6 Å². The van der Waals surface area contributed by atoms with Crippen LogP contribution < -0.4 is 25.0 Å². The first kappa shape index (κ1) is 25.9. The number of nitrogens with one attached hydrogen (secondary N) is 2. The predicted molar refractivity (Wildman–Crippen MR) is 144 cm³/mol. The van der Waals surface area contributed by atoms with E-state index >= 15 is 0 Å². The zero-order chi connectivity index (χ0) is 27.5. The molecule has 6 heterocycles. The largest absolute Gasteiger partial charge is 0.480 e. The fourth-order valence-electron chi connectivity index (χ4n) is 4.87. The molecule has 0 radical (unpaired) electrons. The van der Waals surface area contributed by atoms with Crippen LogP contribution in [0.4, 0.5) is 16.4 Å². The Morgan fingerprint density at radius 2 is 2.08 bits per heavy atom. The van der Waals surface area contributed by atoms with Gasteiger partial charge in [0.2, 0.25) is 5.88 Å². The van der Waals surface area contributed by atoms with Crippen LogP contribution in [0, 0.1) is 0 Å². The van der Waals surface area contributed by atoms with Crippen molar-refractivity contribution in [3.63, 3.8) is 0 Å². The van der Waals surface area contributed by atoms with Gasteiger partial charge in [-0.25, -0.2) is 14.8 Å². The van der Waals surface area contributed by atoms with Crippen LogP contribution in [0.2, 0.25) is 0 Å². The number of anilines is 2. The Morgan fingerprint density at radius 1 is 1.15 bits per heavy atom. The molecule has 40 heavy (non-hydrogen) atoms. The third-order valence-corrected chi connectivity index (χ3v) is 6.92. The van der Waals surface area contributed by atoms with Crippen LogP contribution in [0.15, 0.2) is 42.9 Å². The van der Waals surface area contributed by atoms with Crippen LogP contribution in [0.5, 0.6) is 11.6 Å². The fourth-order valence-corrected chi connectivity index (χ4v) is 4.87. The molecule has 2 atom stereocenters. The number of carbonyl (C=O) groups is 2. The van der Waals surface area contributed by atoms with Gasteiger partial charge in [-0.05, 0) is 56.3 Å². The molecule has 2 N–H and O–H groups in total. The molecular formula is C27H30N8O5. The van der Waals surface area contributed by atoms with E-state index in [0.717, 1.165) is 30.8 Å². The quantitative estimate of drug-likeness (QED) is 0.380. The summed E-state index contributed by atoms with van der Waals surface area (Å²) in [7, 11) is 2.08. The first-order valence-electron chi connectivity index (χ1n) is 13.3. The van der Waals surface area contributed by atoms with Gasteiger partial charge in [0.15, 0.2) is 18.2 Å². The Kier molecular flexibility index (Phi) is 7.38. The van der Waals surface area contributed by atoms with Crippen molar-refractivity contribution < 1.29 is 23.8 Å². The molecule has 2 amide bonds. The van der Waals surface area contributed by atoms with Crippen LogP contribution >= 0.6 is 0 Å². The number of amides is 2. The van der Waals surface area contributed by atoms with Gasteiger partial charge < -0.3 is 29.7 Å². The highest BCUT2D eigenvalue weighted by Gasteiger charge is 2.33. The highest BCUT2D eigenvalue weighted by molar-refractivity contribution is 5.95. The number of hydrogen-bond donors (Lipinski definition) is 2. The smallest absolute Gasteiger partial charge is 0.415 e. The molecule has 13 heteroatoms. The minimum atomic E-state index is -0.466. The molecule has 6 rings (SSSR count). The topological polar surface area (TPSA) is 144 Å². The lowest BCUT2D eigenvalue weighted by atomic mass is 10.2. The van der Waals surface area contributed by atoms with Crippen LogP contribution in [-0.4, -0.2) is 88.9 Å². The molecule has 13 nitrogen and oxygen atoms in total. The van der Waals surface area contributed by atoms with Crippen LogP contribution in [0.25, 0.3) is 11.4 Å². The van der Waals surface area contributed by atoms with Crippen molar-refractivity contribution in [2.24, 2.45) is 0 Å². The van der Waals surface area contributed by atoms with Crippen molar-refractivity contribution in [2.75, 3.05) is 50.1 Å². The molecule has 3 aliphatic rings. The molecule has 0 aromatic carbocycles. The summed E-state index contributed by atoms with van der Waals surface area (Å²) in [6.07, 6.45) is 6.05. The minimum Gasteiger partial charge on any atom is -0.480 e. The number of aromatic nitrogens is 4. The number of fused-ring (bicyclic) bond motifs is 1. The van der Waals surface area contributed by atoms with Gasteiger partial charge in [0.25, 0.3) is 5.91 Å². The Bertz CT molecular complexity index is 1400. The van der Waals surface area contributed by atoms with E-state index in [1.807, 2.05) is 12.1 Å². The molecule has 0 aliphatic carbocycles. The molecule has 3 aromatic heterocycles. The van der Waals surface area contributed by atoms with E-state index in [1.54, 1.807) is 30.7 Å². The van der Waals surface area contributed by atoms with E-state index in [2.05, 4.69) is 42.5 Å². The van der Waals surface area contributed by atoms with E-state index in [-0.39, 0.29) is 24.7 Å². The molecule has 0 bridgehead atoms. The van der Waals surface area contributed by atoms with Crippen molar-refractivity contribution in [3.8, 4) is 23.0 Å². The van der Waals surface area contributed by atoms with Gasteiger partial charge in [0.05, 0.1) is 24.6 Å². The molecule has 208 valence electrons. The lowest BCUT2D eigenvalue weighted by molar-refractivity contribution is -0.118. The second-order valence-electron chi connectivity index (χ2n) is 10.0. The van der Waals surface area contributed by atoms with Gasteiger partial charge in [-0.15, -0.1) is 0 Å². The Hall–Kier alpha value is -4.36. The van der Waals surface area contributed by atoms with Crippen molar-refractivity contribution in [1.29, 1.82) is 0 Å². The highest BCUT2D eigenvalue weighted by Crippen LogP contribution is 2.30. The van der Waals surface area contributed by atoms with Gasteiger partial charge in [-0.2, -0.15) is 0 Å². The normalized spacial score (nSPS) is 20.6. The molecule has 2 unspecified atom stereocenters. The number of likely N-dealkylation sites (tertiary alicyclic amines) is 1. The van der Waals surface area contributed by atoms with Crippen molar-refractivity contribution in [3.05, 3.63) is 48.4 Å². The number of nitrogens with zero attached hydrogens (tertiary/aromatic N) is 6. The fraction of sp³-hybridized carbons (Fsp3) is 0.407. The zero-order valence-electron chi connectivity index (χ0n) is 22.1. The average Bonchev–Trinajstić information content (AvgIpc) is 3.55. The highest BCUT2D eigenvalue weighted by atomic mass is 16.6. The minimum absolute atomic E-state index is 0.0511. The SMILES string of the molecule is CN1CCC(Oc2cncc(-c3cc(CNCCC4CN(c5ccc6c(n5)NC(=O)CO6)C(=O)O4)ccn3)n2)C1. The van der Waals surface area contributed by atoms with E-state index in [9.17, 15) is 9.59 Å². The maximum Gasteiger partial charge on any atom is 0.415 e. The van der Waals surface area contributed by atoms with Gasteiger partial charge in [0.1, 0.15) is 23.7 Å². The first-order valence-corrected chi connectivity index (χ1v) is 13.3. The zero-order valence-corrected chi connectivity index (χ0v) is 22.1. The second-order valence-corrected chi connectivity index (χ2v) is 10.0. The number of carbonyl (C=O) groups excluding carboxylic acids is 2. The lowest BCUT2D eigenvalue weighted by Gasteiger charge is -2.19. The number of hydrogen-bond acceptors (Lipinski definition) is 11. The summed E-state index contributed by atoms with van der Waals surface area (Å²) in [5.41, 5.74) is 2.42. The van der Waals surface area contributed by atoms with Gasteiger partial charge in [0, 0.05) is 25.8 Å². The van der Waals surface area contributed by atoms with Crippen molar-refractivity contribution in [1.82, 2.24) is 30.2 Å². The molecular weight excluding hydrogens is 516 g/mol. The number of rotatable bonds is 9. The lowest BCUT2D eigenvalue weighted by Crippen LogP contribution is -2.29. The first-order chi connectivity index (χ1) is 19.5. The number of pyridine rings is 2. The summed E-state index contributed by atoms with van der Waals surface area (Å²) in [6, 6.07) is 7.29. The molecule has 2 saturated heterocycles. The van der Waals surface area contributed by atoms with Crippen molar-refractivity contribution in [2.45, 2.75) is 31.6 Å². The number of likely N-dealkylation sites (N-methyl/N-ethyl adjacent to an activating group) is 1. The molecule has 3 aliphatic heterocycles. The summed E-state index contributed by atoms with van der Waals surface area (Å²) in [4.78, 5) is 45.5. The monoisotopic (exact) mass is 546 g/mol. The van der Waals surface area contributed by atoms with E-state index in [0.29, 0.717) is 55.0 Å². The van der Waals surface area contributed by atoms with Gasteiger partial charge in [-0.1, -0.05) is 0 Å². The maximum atomic E-state index is 12.5. The maximum absolute atomic E-state index is 12.5. The summed E-state index contributed by atoms with van der Waals surface area (Å²) in [5, 5.41) is 6.06. The van der Waals surface area contributed by atoms with Crippen LogP contribution in [-0.2, 0) is 16.1 Å². The number of ether oxygens (including phenoxy) is 3. The molecule has 0 spiro atoms. The standard InChI is InChI=1S/C27H30N8O5/c1-34-9-6-19(14-34)39-25-13-29-12-21(31-25)20-10-17(4-8-30-20)11-28-7-5-18-15-35(27(37)40-18)23-3-2-22-26(32-23)33-24(36)16-38-22/h2-4,8,10,12-13,18-19,28H,5-7,9,11,14-16H2,1H3,(H,32,33,36). The summed E-state index contributed by atoms with van der Waals surface area (Å²) < 4.78 is 16.9. The van der Waals surface area contributed by atoms with Crippen LogP contribution in [0.3, 0.4) is 0 Å². The van der Waals surface area contributed by atoms with E-state index < -0.39 is 6.09 Å². The summed E-state index contributed by atoms with van der Waals surface area (Å²) in [6.45, 7) is 3.47. The third-order valence-electron chi connectivity index (χ3n) is 6.92. The summed E-state index contributed by atoms with van der Waals surface area (Å²) >= 11 is 0. The van der Waals surface area contributed by atoms with Gasteiger partial charge in [-0.3, -0.25) is 19.7 Å². The Morgan fingerprint density at radius 3 is 2.95 bits per heavy atom. The summed E-state index contributed by atoms with van der Waals surface area (Å²) in [5.74, 6) is 1.40. The Labute approximate surface area is 230 Å². The Balaban J connectivity index is 0.997. The van der Waals surface area contributed by atoms with E-state index in [1.165, 1.54) is 4.90 Å². The van der Waals surface area contributed by atoms with Crippen LogP contribution in [0.1, 0.15) is 18.4 Å². The molecule has 3 aromatic rings. The predicted octanol–water partition coefficient (Wildman–Crippen LogP) is 1.85. The molecule has 2 fully saturated rings. The second kappa shape index (κ2) is 11.4.